The molecule has 3 aromatic rings. The van der Waals surface area contributed by atoms with E-state index in [1.807, 2.05) is 14.0 Å². The molecule has 1 aliphatic rings. The second kappa shape index (κ2) is 9.65. The first-order valence-electron chi connectivity index (χ1n) is 10.1. The third-order valence-corrected chi connectivity index (χ3v) is 8.91. The van der Waals surface area contributed by atoms with Crippen molar-refractivity contribution in [1.29, 1.82) is 0 Å². The first-order valence-corrected chi connectivity index (χ1v) is 13.4. The molecule has 0 atom stereocenters. The quantitative estimate of drug-likeness (QED) is 0.475. The van der Waals surface area contributed by atoms with Crippen molar-refractivity contribution in [2.24, 2.45) is 7.05 Å². The fourth-order valence-corrected chi connectivity index (χ4v) is 6.20. The average molecular weight is 494 g/mol. The molecule has 0 unspecified atom stereocenters. The maximum absolute atomic E-state index is 12.7. The van der Waals surface area contributed by atoms with Crippen LogP contribution < -0.4 is 5.32 Å². The molecule has 0 aliphatic carbocycles. The fourth-order valence-electron chi connectivity index (χ4n) is 3.28. The van der Waals surface area contributed by atoms with Gasteiger partial charge in [0.05, 0.1) is 10.6 Å². The fraction of sp³-hybridized carbons (Fsp3) is 0.421. The summed E-state index contributed by atoms with van der Waals surface area (Å²) in [5.41, 5.74) is 0.748. The van der Waals surface area contributed by atoms with Gasteiger partial charge in [-0.05, 0) is 43.5 Å². The minimum absolute atomic E-state index is 0.153. The van der Waals surface area contributed by atoms with Gasteiger partial charge in [-0.15, -0.1) is 20.4 Å². The number of anilines is 1. The van der Waals surface area contributed by atoms with E-state index in [4.69, 9.17) is 0 Å². The van der Waals surface area contributed by atoms with Crippen molar-refractivity contribution in [2.75, 3.05) is 24.2 Å². The Morgan fingerprint density at radius 3 is 2.50 bits per heavy atom. The van der Waals surface area contributed by atoms with Crippen LogP contribution in [0.15, 0.2) is 34.3 Å². The number of carbonyl (C=O) groups is 1. The zero-order chi connectivity index (χ0) is 22.7. The lowest BCUT2D eigenvalue weighted by molar-refractivity contribution is -0.113. The van der Waals surface area contributed by atoms with E-state index in [0.717, 1.165) is 29.8 Å². The molecule has 0 radical (unpaired) electrons. The highest BCUT2D eigenvalue weighted by Gasteiger charge is 2.27. The van der Waals surface area contributed by atoms with Crippen LogP contribution in [-0.4, -0.2) is 62.4 Å². The third-order valence-electron chi connectivity index (χ3n) is 5.00. The van der Waals surface area contributed by atoms with E-state index in [0.29, 0.717) is 29.2 Å². The zero-order valence-corrected chi connectivity index (χ0v) is 20.1. The van der Waals surface area contributed by atoms with Gasteiger partial charge in [0.1, 0.15) is 5.01 Å². The van der Waals surface area contributed by atoms with E-state index in [9.17, 15) is 13.2 Å². The van der Waals surface area contributed by atoms with E-state index in [2.05, 4.69) is 25.7 Å². The van der Waals surface area contributed by atoms with Crippen LogP contribution in [0, 0.1) is 0 Å². The van der Waals surface area contributed by atoms with Crippen LogP contribution in [0.25, 0.3) is 11.4 Å². The minimum Gasteiger partial charge on any atom is -0.305 e. The number of carbonyl (C=O) groups excluding carboxylic acids is 1. The van der Waals surface area contributed by atoms with E-state index in [-0.39, 0.29) is 16.6 Å². The lowest BCUT2D eigenvalue weighted by atomic mass is 10.2. The van der Waals surface area contributed by atoms with Crippen LogP contribution in [0.5, 0.6) is 0 Å². The molecule has 13 heteroatoms. The maximum atomic E-state index is 12.7. The first-order chi connectivity index (χ1) is 15.4. The number of thioether (sulfide) groups is 1. The largest absolute Gasteiger partial charge is 0.305 e. The maximum Gasteiger partial charge on any atom is 0.243 e. The van der Waals surface area contributed by atoms with Crippen molar-refractivity contribution in [3.63, 3.8) is 0 Å². The molecule has 1 aliphatic heterocycles. The molecule has 1 fully saturated rings. The smallest absolute Gasteiger partial charge is 0.243 e. The molecule has 1 saturated heterocycles. The van der Waals surface area contributed by atoms with Gasteiger partial charge in [-0.25, -0.2) is 8.42 Å². The molecule has 170 valence electrons. The molecular weight excluding hydrogens is 470 g/mol. The normalized spacial score (nSPS) is 14.7. The first kappa shape index (κ1) is 22.8. The summed E-state index contributed by atoms with van der Waals surface area (Å²) in [6, 6.07) is 6.67. The molecule has 1 N–H and O–H groups in total. The molecule has 10 nitrogen and oxygen atoms in total. The van der Waals surface area contributed by atoms with Crippen LogP contribution in [0.1, 0.15) is 24.8 Å². The number of aromatic nitrogens is 5. The van der Waals surface area contributed by atoms with E-state index < -0.39 is 10.0 Å². The van der Waals surface area contributed by atoms with Crippen LogP contribution in [-0.2, 0) is 28.3 Å². The number of hydrogen-bond donors (Lipinski definition) is 1. The van der Waals surface area contributed by atoms with Crippen molar-refractivity contribution < 1.29 is 13.2 Å². The summed E-state index contributed by atoms with van der Waals surface area (Å²) in [6.07, 6.45) is 2.57. The molecule has 1 aromatic carbocycles. The topological polar surface area (TPSA) is 123 Å². The molecule has 4 rings (SSSR count). The zero-order valence-electron chi connectivity index (χ0n) is 17.7. The van der Waals surface area contributed by atoms with Gasteiger partial charge < -0.3 is 4.57 Å². The lowest BCUT2D eigenvalue weighted by Gasteiger charge is -2.15. The Morgan fingerprint density at radius 2 is 1.84 bits per heavy atom. The Kier molecular flexibility index (Phi) is 6.88. The molecule has 0 spiro atoms. The van der Waals surface area contributed by atoms with Gasteiger partial charge in [-0.2, -0.15) is 4.31 Å². The van der Waals surface area contributed by atoms with Gasteiger partial charge in [-0.1, -0.05) is 30.0 Å². The standard InChI is InChI=1S/C19H23N7O3S3/c1-3-16-21-23-18(31-16)20-15(27)12-30-19-24-22-17(25(19)2)13-6-8-14(9-7-13)32(28,29)26-10-4-5-11-26/h6-9H,3-5,10-12H2,1-2H3,(H,20,23,27). The molecule has 0 saturated carbocycles. The summed E-state index contributed by atoms with van der Waals surface area (Å²) in [5, 5.41) is 21.0. The molecule has 32 heavy (non-hydrogen) atoms. The van der Waals surface area contributed by atoms with Gasteiger partial charge in [0, 0.05) is 25.7 Å². The minimum atomic E-state index is -3.45. The van der Waals surface area contributed by atoms with Crippen molar-refractivity contribution in [3.8, 4) is 11.4 Å². The highest BCUT2D eigenvalue weighted by atomic mass is 32.2. The van der Waals surface area contributed by atoms with Gasteiger partial charge in [-0.3, -0.25) is 10.1 Å². The summed E-state index contributed by atoms with van der Waals surface area (Å²) in [5.74, 6) is 0.546. The highest BCUT2D eigenvalue weighted by Crippen LogP contribution is 2.26. The molecule has 3 heterocycles. The number of amides is 1. The summed E-state index contributed by atoms with van der Waals surface area (Å²) in [4.78, 5) is 12.5. The summed E-state index contributed by atoms with van der Waals surface area (Å²) < 4.78 is 28.7. The van der Waals surface area contributed by atoms with Gasteiger partial charge >= 0.3 is 0 Å². The average Bonchev–Trinajstić information content (AvgIpc) is 3.54. The number of hydrogen-bond acceptors (Lipinski definition) is 9. The van der Waals surface area contributed by atoms with Crippen LogP contribution in [0.2, 0.25) is 0 Å². The predicted molar refractivity (Wildman–Crippen MR) is 123 cm³/mol. The molecule has 1 amide bonds. The van der Waals surface area contributed by atoms with Crippen molar-refractivity contribution >= 4 is 44.2 Å². The lowest BCUT2D eigenvalue weighted by Crippen LogP contribution is -2.27. The summed E-state index contributed by atoms with van der Waals surface area (Å²) in [7, 11) is -1.65. The predicted octanol–water partition coefficient (Wildman–Crippen LogP) is 2.41. The van der Waals surface area contributed by atoms with Crippen LogP contribution in [0.4, 0.5) is 5.13 Å². The molecule has 0 bridgehead atoms. The number of nitrogens with one attached hydrogen (secondary N) is 1. The number of benzene rings is 1. The SMILES string of the molecule is CCc1nnc(NC(=O)CSc2nnc(-c3ccc(S(=O)(=O)N4CCCC4)cc3)n2C)s1. The van der Waals surface area contributed by atoms with E-state index >= 15 is 0 Å². The Morgan fingerprint density at radius 1 is 1.12 bits per heavy atom. The summed E-state index contributed by atoms with van der Waals surface area (Å²) in [6.45, 7) is 3.12. The Bertz CT molecular complexity index is 1200. The van der Waals surface area contributed by atoms with E-state index in [1.54, 1.807) is 28.8 Å². The van der Waals surface area contributed by atoms with Gasteiger partial charge in [0.25, 0.3) is 0 Å². The monoisotopic (exact) mass is 493 g/mol. The van der Waals surface area contributed by atoms with Crippen LogP contribution in [0.3, 0.4) is 0 Å². The Balaban J connectivity index is 1.40. The number of nitrogens with zero attached hydrogens (tertiary/aromatic N) is 6. The van der Waals surface area contributed by atoms with Gasteiger partial charge in [0.2, 0.25) is 21.1 Å². The van der Waals surface area contributed by atoms with Gasteiger partial charge in [0.15, 0.2) is 11.0 Å². The molecule has 2 aromatic heterocycles. The summed E-state index contributed by atoms with van der Waals surface area (Å²) >= 11 is 2.61. The third kappa shape index (κ3) is 4.85. The highest BCUT2D eigenvalue weighted by molar-refractivity contribution is 7.99. The second-order valence-electron chi connectivity index (χ2n) is 7.19. The number of aryl methyl sites for hydroxylation is 1. The van der Waals surface area contributed by atoms with Crippen molar-refractivity contribution in [1.82, 2.24) is 29.3 Å². The second-order valence-corrected chi connectivity index (χ2v) is 11.1. The molecular formula is C19H23N7O3S3. The van der Waals surface area contributed by atoms with Crippen LogP contribution >= 0.6 is 23.1 Å². The van der Waals surface area contributed by atoms with E-state index in [1.165, 1.54) is 27.4 Å². The Labute approximate surface area is 194 Å². The Hall–Kier alpha value is -2.35. The van der Waals surface area contributed by atoms with Crippen molar-refractivity contribution in [2.45, 2.75) is 36.2 Å². The number of rotatable bonds is 8. The van der Waals surface area contributed by atoms with Crippen molar-refractivity contribution in [3.05, 3.63) is 29.3 Å². The number of sulfonamides is 1.